The molecule has 0 aromatic heterocycles. The van der Waals surface area contributed by atoms with Crippen molar-refractivity contribution in [3.05, 3.63) is 47.0 Å². The Morgan fingerprint density at radius 1 is 1.00 bits per heavy atom. The van der Waals surface area contributed by atoms with Crippen LogP contribution in [0.1, 0.15) is 30.0 Å². The number of nitrogens with zero attached hydrogens (tertiary/aromatic N) is 1. The van der Waals surface area contributed by atoms with Crippen molar-refractivity contribution in [1.82, 2.24) is 0 Å². The molecule has 1 aliphatic heterocycles. The summed E-state index contributed by atoms with van der Waals surface area (Å²) in [6.07, 6.45) is 5.24. The van der Waals surface area contributed by atoms with Crippen molar-refractivity contribution in [3.8, 4) is 17.2 Å². The monoisotopic (exact) mass is 412 g/mol. The lowest BCUT2D eigenvalue weighted by Crippen LogP contribution is -2.18. The minimum Gasteiger partial charge on any atom is -0.493 e. The Morgan fingerprint density at radius 2 is 1.69 bits per heavy atom. The number of anilines is 1. The lowest BCUT2D eigenvalue weighted by Gasteiger charge is -2.19. The Balaban J connectivity index is 1.83. The van der Waals surface area contributed by atoms with Gasteiger partial charge in [0.1, 0.15) is 0 Å². The van der Waals surface area contributed by atoms with Crippen molar-refractivity contribution in [1.29, 1.82) is 0 Å². The second kappa shape index (κ2) is 9.74. The number of aryl methyl sites for hydroxylation is 1. The summed E-state index contributed by atoms with van der Waals surface area (Å²) in [5, 5.41) is 5.09. The van der Waals surface area contributed by atoms with E-state index in [0.717, 1.165) is 34.9 Å². The molecule has 6 heteroatoms. The maximum atomic E-state index is 5.44. The van der Waals surface area contributed by atoms with Gasteiger partial charge in [-0.25, -0.2) is 0 Å². The van der Waals surface area contributed by atoms with Crippen LogP contribution in [-0.4, -0.2) is 38.3 Å². The van der Waals surface area contributed by atoms with E-state index < -0.39 is 0 Å². The van der Waals surface area contributed by atoms with Gasteiger partial charge in [0.05, 0.1) is 21.3 Å². The van der Waals surface area contributed by atoms with Gasteiger partial charge in [0.2, 0.25) is 5.75 Å². The van der Waals surface area contributed by atoms with E-state index in [0.29, 0.717) is 22.5 Å². The molecule has 0 saturated carbocycles. The number of benzene rings is 2. The van der Waals surface area contributed by atoms with Crippen LogP contribution < -0.4 is 19.5 Å². The van der Waals surface area contributed by atoms with Gasteiger partial charge >= 0.3 is 0 Å². The van der Waals surface area contributed by atoms with Crippen LogP contribution in [-0.2, 0) is 0 Å². The molecule has 3 rings (SSSR count). The highest BCUT2D eigenvalue weighted by molar-refractivity contribution is 8.14. The number of hydrogen-bond acceptors (Lipinski definition) is 6. The summed E-state index contributed by atoms with van der Waals surface area (Å²) < 4.78 is 16.3. The number of nitrogens with one attached hydrogen (secondary N) is 1. The van der Waals surface area contributed by atoms with E-state index in [1.165, 1.54) is 5.56 Å². The van der Waals surface area contributed by atoms with Gasteiger partial charge in [0, 0.05) is 17.5 Å². The summed E-state index contributed by atoms with van der Waals surface area (Å²) in [6, 6.07) is 10.2. The number of hydrogen-bond donors (Lipinski definition) is 1. The van der Waals surface area contributed by atoms with Gasteiger partial charge in [-0.15, -0.1) is 0 Å². The quantitative estimate of drug-likeness (QED) is 0.636. The topological polar surface area (TPSA) is 52.1 Å². The third-order valence-electron chi connectivity index (χ3n) is 4.76. The van der Waals surface area contributed by atoms with E-state index in [1.807, 2.05) is 18.2 Å². The molecule has 0 bridgehead atoms. The molecule has 2 aromatic carbocycles. The van der Waals surface area contributed by atoms with Crippen LogP contribution in [0.4, 0.5) is 5.69 Å². The van der Waals surface area contributed by atoms with Gasteiger partial charge in [-0.05, 0) is 48.2 Å². The lowest BCUT2D eigenvalue weighted by atomic mass is 10.1. The molecule has 0 saturated heterocycles. The van der Waals surface area contributed by atoms with Gasteiger partial charge in [0.25, 0.3) is 0 Å². The summed E-state index contributed by atoms with van der Waals surface area (Å²) >= 11 is 1.80. The molecule has 1 atom stereocenters. The Bertz CT molecular complexity index is 899. The zero-order valence-corrected chi connectivity index (χ0v) is 18.4. The molecule has 2 aromatic rings. The van der Waals surface area contributed by atoms with Gasteiger partial charge in [0.15, 0.2) is 16.7 Å². The molecule has 0 spiro atoms. The molecule has 1 aliphatic rings. The number of ether oxygens (including phenoxy) is 3. The zero-order chi connectivity index (χ0) is 20.8. The molecule has 1 N–H and O–H groups in total. The first-order valence-electron chi connectivity index (χ1n) is 9.61. The molecule has 0 fully saturated rings. The van der Waals surface area contributed by atoms with Crippen LogP contribution in [0.15, 0.2) is 35.3 Å². The Morgan fingerprint density at radius 3 is 2.31 bits per heavy atom. The molecule has 0 amide bonds. The van der Waals surface area contributed by atoms with Crippen LogP contribution in [0, 0.1) is 6.92 Å². The largest absolute Gasteiger partial charge is 0.493 e. The summed E-state index contributed by atoms with van der Waals surface area (Å²) in [7, 11) is 4.84. The van der Waals surface area contributed by atoms with Crippen LogP contribution in [0.5, 0.6) is 17.2 Å². The molecule has 29 heavy (non-hydrogen) atoms. The molecule has 0 aliphatic carbocycles. The van der Waals surface area contributed by atoms with Gasteiger partial charge < -0.3 is 19.5 Å². The Labute approximate surface area is 177 Å². The van der Waals surface area contributed by atoms with Crippen molar-refractivity contribution in [3.63, 3.8) is 0 Å². The lowest BCUT2D eigenvalue weighted by molar-refractivity contribution is 0.324. The Kier molecular flexibility index (Phi) is 7.09. The molecule has 0 radical (unpaired) electrons. The van der Waals surface area contributed by atoms with Gasteiger partial charge in [-0.3, -0.25) is 4.99 Å². The van der Waals surface area contributed by atoms with Crippen LogP contribution in [0.2, 0.25) is 0 Å². The number of methoxy groups -OCH3 is 3. The Hall–Kier alpha value is -2.60. The second-order valence-electron chi connectivity index (χ2n) is 6.90. The van der Waals surface area contributed by atoms with Crippen molar-refractivity contribution in [2.75, 3.05) is 33.2 Å². The third kappa shape index (κ3) is 5.26. The third-order valence-corrected chi connectivity index (χ3v) is 5.85. The van der Waals surface area contributed by atoms with E-state index in [1.54, 1.807) is 33.1 Å². The molecule has 1 unspecified atom stereocenters. The van der Waals surface area contributed by atoms with Crippen LogP contribution in [0.25, 0.3) is 12.2 Å². The highest BCUT2D eigenvalue weighted by Gasteiger charge is 2.14. The first-order chi connectivity index (χ1) is 14.0. The highest BCUT2D eigenvalue weighted by Crippen LogP contribution is 2.38. The van der Waals surface area contributed by atoms with E-state index in [9.17, 15) is 0 Å². The second-order valence-corrected chi connectivity index (χ2v) is 8.32. The van der Waals surface area contributed by atoms with E-state index >= 15 is 0 Å². The number of thioether (sulfide) groups is 1. The van der Waals surface area contributed by atoms with Crippen molar-refractivity contribution in [2.24, 2.45) is 4.99 Å². The minimum atomic E-state index is 0.592. The fourth-order valence-corrected chi connectivity index (χ4v) is 4.03. The summed E-state index contributed by atoms with van der Waals surface area (Å²) in [4.78, 5) is 4.60. The number of amidine groups is 1. The van der Waals surface area contributed by atoms with E-state index in [4.69, 9.17) is 14.2 Å². The van der Waals surface area contributed by atoms with E-state index in [2.05, 4.69) is 48.4 Å². The average Bonchev–Trinajstić information content (AvgIpc) is 2.73. The normalized spacial score (nSPS) is 16.4. The first kappa shape index (κ1) is 21.1. The molecule has 1 heterocycles. The molecular formula is C23H28N2O3S. The molecular weight excluding hydrogens is 384 g/mol. The predicted octanol–water partition coefficient (Wildman–Crippen LogP) is 5.48. The fraction of sp³-hybridized carbons (Fsp3) is 0.348. The fourth-order valence-electron chi connectivity index (χ4n) is 3.09. The van der Waals surface area contributed by atoms with Crippen molar-refractivity contribution >= 4 is 34.8 Å². The summed E-state index contributed by atoms with van der Waals surface area (Å²) in [6.45, 7) is 5.23. The summed E-state index contributed by atoms with van der Waals surface area (Å²) in [5.41, 5.74) is 4.34. The maximum absolute atomic E-state index is 5.44. The SMILES string of the molecule is COc1cc(/C=C\c2ccc(C)c(NC3=NCCC(C)S3)c2)cc(OC)c1OC. The average molecular weight is 413 g/mol. The maximum Gasteiger partial charge on any atom is 0.203 e. The van der Waals surface area contributed by atoms with Crippen LogP contribution in [0.3, 0.4) is 0 Å². The van der Waals surface area contributed by atoms with E-state index in [-0.39, 0.29) is 0 Å². The predicted molar refractivity (Wildman–Crippen MR) is 124 cm³/mol. The van der Waals surface area contributed by atoms with Crippen LogP contribution >= 0.6 is 11.8 Å². The van der Waals surface area contributed by atoms with Gasteiger partial charge in [-0.2, -0.15) is 0 Å². The van der Waals surface area contributed by atoms with Crippen molar-refractivity contribution < 1.29 is 14.2 Å². The standard InChI is InChI=1S/C23H28N2O3S/c1-15-6-7-17(12-19(15)25-23-24-11-10-16(2)29-23)8-9-18-13-20(26-3)22(28-5)21(14-18)27-4/h6-9,12-14,16H,10-11H2,1-5H3,(H,24,25)/b9-8-. The highest BCUT2D eigenvalue weighted by atomic mass is 32.2. The van der Waals surface area contributed by atoms with Gasteiger partial charge in [-0.1, -0.05) is 43.0 Å². The first-order valence-corrected chi connectivity index (χ1v) is 10.5. The number of rotatable bonds is 6. The minimum absolute atomic E-state index is 0.592. The zero-order valence-electron chi connectivity index (χ0n) is 17.6. The summed E-state index contributed by atoms with van der Waals surface area (Å²) in [5.74, 6) is 1.87. The molecule has 154 valence electrons. The van der Waals surface area contributed by atoms with Crippen molar-refractivity contribution in [2.45, 2.75) is 25.5 Å². The molecule has 5 nitrogen and oxygen atoms in total. The smallest absolute Gasteiger partial charge is 0.203 e. The number of aliphatic imine (C=N–C) groups is 1.